The minimum absolute atomic E-state index is 0. The monoisotopic (exact) mass is 666 g/mol. The smallest absolute Gasteiger partial charge is 0.350 e. The number of aliphatic hydroxyl groups excluding tert-OH is 2. The molecule has 0 amide bonds. The van der Waals surface area contributed by atoms with Gasteiger partial charge in [-0.3, -0.25) is 19.6 Å². The molecule has 0 bridgehead atoms. The quantitative estimate of drug-likeness (QED) is 0.0660. The van der Waals surface area contributed by atoms with E-state index in [9.17, 15) is 9.59 Å². The van der Waals surface area contributed by atoms with E-state index < -0.39 is 0 Å². The van der Waals surface area contributed by atoms with Crippen molar-refractivity contribution in [1.29, 1.82) is 0 Å². The third-order valence-corrected chi connectivity index (χ3v) is 6.13. The summed E-state index contributed by atoms with van der Waals surface area (Å²) in [6.07, 6.45) is 5.94. The van der Waals surface area contributed by atoms with E-state index in [2.05, 4.69) is 9.97 Å². The van der Waals surface area contributed by atoms with E-state index >= 15 is 0 Å². The summed E-state index contributed by atoms with van der Waals surface area (Å²) in [5.41, 5.74) is 3.18. The molecule has 6 rings (SSSR count). The summed E-state index contributed by atoms with van der Waals surface area (Å²) in [6.45, 7) is 3.03. The maximum absolute atomic E-state index is 9.37. The molecule has 8 N–H and O–H groups in total. The van der Waals surface area contributed by atoms with Crippen molar-refractivity contribution in [3.8, 4) is 11.5 Å². The predicted molar refractivity (Wildman–Crippen MR) is 187 cm³/mol. The molecular weight excluding hydrogens is 628 g/mol. The number of ketones is 2. The molecule has 0 aliphatic carbocycles. The fourth-order valence-corrected chi connectivity index (χ4v) is 3.97. The van der Waals surface area contributed by atoms with E-state index in [1.165, 1.54) is 26.0 Å². The third kappa shape index (κ3) is 12.8. The summed E-state index contributed by atoms with van der Waals surface area (Å²) in [7, 11) is 0. The van der Waals surface area contributed by atoms with Crippen molar-refractivity contribution in [2.75, 3.05) is 0 Å². The zero-order chi connectivity index (χ0) is 33.3. The number of hydrogen-bond acceptors (Lipinski definition) is 4. The number of aromatic nitrogens is 2. The molecule has 0 fully saturated rings. The zero-order valence-electron chi connectivity index (χ0n) is 26.0. The predicted octanol–water partition coefficient (Wildman–Crippen LogP) is 7.43. The van der Waals surface area contributed by atoms with Crippen LogP contribution in [0.15, 0.2) is 157 Å². The second-order valence-corrected chi connectivity index (χ2v) is 9.83. The second-order valence-electron chi connectivity index (χ2n) is 9.83. The largest absolute Gasteiger partial charge is 0.593 e. The summed E-state index contributed by atoms with van der Waals surface area (Å²) in [6, 6.07) is 36.8. The molecule has 47 heavy (non-hydrogen) atoms. The maximum atomic E-state index is 9.37. The van der Waals surface area contributed by atoms with Crippen molar-refractivity contribution < 1.29 is 51.7 Å². The van der Waals surface area contributed by atoms with Crippen LogP contribution in [0.5, 0.6) is 11.5 Å². The molecule has 0 saturated heterocycles. The average Bonchev–Trinajstić information content (AvgIpc) is 3.06. The minimum atomic E-state index is 0. The van der Waals surface area contributed by atoms with Crippen molar-refractivity contribution in [3.63, 3.8) is 0 Å². The van der Waals surface area contributed by atoms with E-state index in [4.69, 9.17) is 20.4 Å². The Morgan fingerprint density at radius 1 is 0.532 bits per heavy atom. The first-order valence-corrected chi connectivity index (χ1v) is 14.2. The molecule has 236 valence electrons. The van der Waals surface area contributed by atoms with Gasteiger partial charge in [0.15, 0.2) is 0 Å². The van der Waals surface area contributed by atoms with Gasteiger partial charge in [0.05, 0.1) is 68.7 Å². The van der Waals surface area contributed by atoms with E-state index in [0.717, 1.165) is 21.8 Å². The van der Waals surface area contributed by atoms with Crippen molar-refractivity contribution in [2.45, 2.75) is 13.8 Å². The first kappa shape index (κ1) is 37.6. The molecule has 0 atom stereocenters. The standard InChI is InChI=1S/2C10H10O2.2C9H7NO.Ti/c2*1-8(11)7-10(12)9-5-3-2-4-6-9;2*11-9-5-6-10-8-4-2-1-3-7(8)9;/h2*2-7,11H,1H3;2*1-6H,(H,10,11);/p+4/b2*8-7-;;;. The Labute approximate surface area is 287 Å². The summed E-state index contributed by atoms with van der Waals surface area (Å²) in [4.78, 5) is 27.0. The van der Waals surface area contributed by atoms with Crippen LogP contribution in [0.25, 0.3) is 21.8 Å². The van der Waals surface area contributed by atoms with Crippen LogP contribution in [0.3, 0.4) is 0 Å². The van der Waals surface area contributed by atoms with Crippen molar-refractivity contribution >= 4 is 33.4 Å². The van der Waals surface area contributed by atoms with Crippen LogP contribution < -0.4 is 0 Å². The first-order valence-electron chi connectivity index (χ1n) is 14.2. The fraction of sp³-hybridized carbons (Fsp3) is 0.0526. The van der Waals surface area contributed by atoms with Crippen molar-refractivity contribution in [2.24, 2.45) is 0 Å². The second kappa shape index (κ2) is 19.7. The van der Waals surface area contributed by atoms with Crippen molar-refractivity contribution in [1.82, 2.24) is 9.97 Å². The van der Waals surface area contributed by atoms with Gasteiger partial charge in [0.25, 0.3) is 11.5 Å². The normalized spacial score (nSPS) is 10.5. The first-order chi connectivity index (χ1) is 22.2. The van der Waals surface area contributed by atoms with Crippen molar-refractivity contribution in [3.05, 3.63) is 169 Å². The average molecular weight is 667 g/mol. The Morgan fingerprint density at radius 3 is 1.17 bits per heavy atom. The summed E-state index contributed by atoms with van der Waals surface area (Å²) >= 11 is 0. The fourth-order valence-electron chi connectivity index (χ4n) is 3.97. The van der Waals surface area contributed by atoms with Gasteiger partial charge in [-0.25, -0.2) is 0 Å². The Kier molecular flexibility index (Phi) is 15.8. The molecule has 0 saturated carbocycles. The van der Waals surface area contributed by atoms with E-state index in [1.54, 1.807) is 48.8 Å². The Bertz CT molecular complexity index is 1780. The molecule has 9 heteroatoms. The number of hydrogen-bond donors (Lipinski definition) is 2. The van der Waals surface area contributed by atoms with Crippen LogP contribution in [0.2, 0.25) is 0 Å². The molecule has 0 unspecified atom stereocenters. The summed E-state index contributed by atoms with van der Waals surface area (Å²) in [5, 5.41) is 34.6. The van der Waals surface area contributed by atoms with Gasteiger partial charge in [0, 0.05) is 34.1 Å². The van der Waals surface area contributed by atoms with Gasteiger partial charge in [0.2, 0.25) is 0 Å². The van der Waals surface area contributed by atoms with Crippen LogP contribution in [-0.4, -0.2) is 51.5 Å². The summed E-state index contributed by atoms with van der Waals surface area (Å²) in [5.74, 6) is 1.42. The molecule has 6 aromatic rings. The maximum Gasteiger partial charge on any atom is 0.350 e. The van der Waals surface area contributed by atoms with Gasteiger partial charge in [-0.1, -0.05) is 60.7 Å². The Morgan fingerprint density at radius 2 is 0.851 bits per heavy atom. The summed E-state index contributed by atoms with van der Waals surface area (Å²) < 4.78 is 0. The third-order valence-electron chi connectivity index (χ3n) is 6.13. The van der Waals surface area contributed by atoms with Crippen LogP contribution in [0, 0.1) is 0 Å². The SMILES string of the molecule is C/C(O)=C/C(=[OH+])c1ccccc1.C/C(O)=C/C(=[OH+])c1ccccc1.[OH2+]c1ccnc2ccccc12.[OH2+]c1ccnc2ccccc12.[Ti]. The topological polar surface area (TPSA) is 155 Å². The molecule has 2 heterocycles. The number of benzene rings is 4. The molecule has 4 aromatic carbocycles. The van der Waals surface area contributed by atoms with Gasteiger partial charge in [0.1, 0.15) is 0 Å². The number of para-hydroxylation sites is 2. The van der Waals surface area contributed by atoms with E-state index in [0.29, 0.717) is 22.6 Å². The Balaban J connectivity index is 0.000000216. The Hall–Kier alpha value is -5.57. The number of rotatable bonds is 4. The number of aliphatic hydroxyl groups is 2. The van der Waals surface area contributed by atoms with Gasteiger partial charge in [-0.2, -0.15) is 0 Å². The van der Waals surface area contributed by atoms with E-state index in [1.807, 2.05) is 84.9 Å². The van der Waals surface area contributed by atoms with Gasteiger partial charge in [-0.15, -0.1) is 0 Å². The molecule has 8 nitrogen and oxygen atoms in total. The van der Waals surface area contributed by atoms with Gasteiger partial charge in [-0.05, 0) is 62.4 Å². The van der Waals surface area contributed by atoms with Crippen LogP contribution in [-0.2, 0) is 21.7 Å². The molecule has 0 radical (unpaired) electrons. The zero-order valence-corrected chi connectivity index (χ0v) is 27.6. The molecule has 0 aliphatic heterocycles. The minimum Gasteiger partial charge on any atom is -0.593 e. The van der Waals surface area contributed by atoms with Gasteiger partial charge < -0.3 is 20.4 Å². The molecule has 2 aromatic heterocycles. The van der Waals surface area contributed by atoms with E-state index in [-0.39, 0.29) is 44.8 Å². The molecule has 0 spiro atoms. The number of pyridine rings is 2. The van der Waals surface area contributed by atoms with Gasteiger partial charge >= 0.3 is 11.6 Å². The van der Waals surface area contributed by atoms with Crippen LogP contribution in [0.1, 0.15) is 25.0 Å². The molecule has 0 aliphatic rings. The number of fused-ring (bicyclic) bond motifs is 2. The number of allylic oxidation sites excluding steroid dienone is 4. The van der Waals surface area contributed by atoms with Crippen LogP contribution in [0.4, 0.5) is 0 Å². The molecular formula is C38H38N2O6Ti+4. The van der Waals surface area contributed by atoms with Crippen LogP contribution >= 0.6 is 0 Å². The number of carbonyl (C=O) groups excluding carboxylic acids is 2. The number of nitrogens with zero attached hydrogens (tertiary/aromatic N) is 2.